The topological polar surface area (TPSA) is 49.7 Å². The summed E-state index contributed by atoms with van der Waals surface area (Å²) in [6.45, 7) is 1.34. The second-order valence-corrected chi connectivity index (χ2v) is 6.76. The monoisotopic (exact) mass is 274 g/mol. The molecule has 0 saturated heterocycles. The molecule has 0 spiro atoms. The van der Waals surface area contributed by atoms with Crippen LogP contribution in [0.4, 0.5) is 0 Å². The van der Waals surface area contributed by atoms with Crippen LogP contribution in [0.25, 0.3) is 21.5 Å². The number of hydrogen-bond acceptors (Lipinski definition) is 3. The average Bonchev–Trinajstić information content (AvgIpc) is 2.37. The predicted octanol–water partition coefficient (Wildman–Crippen LogP) is 3.48. The fourth-order valence-electron chi connectivity index (χ4n) is 2.28. The van der Waals surface area contributed by atoms with Gasteiger partial charge in [-0.25, -0.2) is 0 Å². The Morgan fingerprint density at radius 1 is 0.842 bits per heavy atom. The van der Waals surface area contributed by atoms with E-state index in [1.54, 1.807) is 0 Å². The SMILES string of the molecule is C[PH](O)(O)Oc1c2ccccc2cc2ccccc12. The Hall–Kier alpha value is -1.67. The Morgan fingerprint density at radius 3 is 1.79 bits per heavy atom. The molecule has 0 bridgehead atoms. The summed E-state index contributed by atoms with van der Waals surface area (Å²) in [5, 5.41) is 3.83. The minimum atomic E-state index is -3.63. The van der Waals surface area contributed by atoms with Crippen LogP contribution >= 0.6 is 7.94 Å². The van der Waals surface area contributed by atoms with E-state index in [0.29, 0.717) is 5.75 Å². The van der Waals surface area contributed by atoms with Crippen LogP contribution in [-0.4, -0.2) is 16.5 Å². The van der Waals surface area contributed by atoms with Gasteiger partial charge in [0.15, 0.2) is 0 Å². The summed E-state index contributed by atoms with van der Waals surface area (Å²) in [6.07, 6.45) is 0. The third-order valence-corrected chi connectivity index (χ3v) is 3.61. The second-order valence-electron chi connectivity index (χ2n) is 4.68. The van der Waals surface area contributed by atoms with Crippen molar-refractivity contribution in [3.8, 4) is 5.75 Å². The summed E-state index contributed by atoms with van der Waals surface area (Å²) >= 11 is 0. The first-order valence-electron chi connectivity index (χ1n) is 6.09. The van der Waals surface area contributed by atoms with Crippen LogP contribution in [0, 0.1) is 0 Å². The zero-order chi connectivity index (χ0) is 13.5. The van der Waals surface area contributed by atoms with Crippen LogP contribution in [0.2, 0.25) is 0 Å². The van der Waals surface area contributed by atoms with Gasteiger partial charge in [0.2, 0.25) is 0 Å². The van der Waals surface area contributed by atoms with Crippen LogP contribution < -0.4 is 4.52 Å². The number of hydrogen-bond donors (Lipinski definition) is 2. The molecule has 0 heterocycles. The third kappa shape index (κ3) is 2.41. The van der Waals surface area contributed by atoms with Crippen molar-refractivity contribution in [2.24, 2.45) is 0 Å². The van der Waals surface area contributed by atoms with E-state index in [1.807, 2.05) is 48.5 Å². The first-order chi connectivity index (χ1) is 9.04. The summed E-state index contributed by atoms with van der Waals surface area (Å²) < 4.78 is 5.48. The molecule has 0 radical (unpaired) electrons. The Labute approximate surface area is 111 Å². The number of benzene rings is 3. The van der Waals surface area contributed by atoms with E-state index in [2.05, 4.69) is 6.07 Å². The van der Waals surface area contributed by atoms with Gasteiger partial charge >= 0.3 is 111 Å². The van der Waals surface area contributed by atoms with Crippen molar-refractivity contribution in [1.82, 2.24) is 0 Å². The predicted molar refractivity (Wildman–Crippen MR) is 80.8 cm³/mol. The fourth-order valence-corrected chi connectivity index (χ4v) is 2.88. The molecule has 0 amide bonds. The summed E-state index contributed by atoms with van der Waals surface area (Å²) in [5.74, 6) is 0.549. The summed E-state index contributed by atoms with van der Waals surface area (Å²) in [7, 11) is -3.63. The fraction of sp³-hybridized carbons (Fsp3) is 0.0667. The van der Waals surface area contributed by atoms with Crippen molar-refractivity contribution < 1.29 is 14.3 Å². The van der Waals surface area contributed by atoms with Crippen LogP contribution in [0.3, 0.4) is 0 Å². The van der Waals surface area contributed by atoms with E-state index in [-0.39, 0.29) is 0 Å². The van der Waals surface area contributed by atoms with Crippen molar-refractivity contribution >= 4 is 29.5 Å². The van der Waals surface area contributed by atoms with E-state index in [0.717, 1.165) is 21.5 Å². The molecule has 19 heavy (non-hydrogen) atoms. The molecule has 0 saturated carbocycles. The van der Waals surface area contributed by atoms with Crippen molar-refractivity contribution in [3.63, 3.8) is 0 Å². The normalized spacial score (nSPS) is 12.8. The maximum absolute atomic E-state index is 9.66. The van der Waals surface area contributed by atoms with Gasteiger partial charge in [-0.1, -0.05) is 0 Å². The Balaban J connectivity index is 2.39. The van der Waals surface area contributed by atoms with E-state index in [9.17, 15) is 9.79 Å². The van der Waals surface area contributed by atoms with Crippen LogP contribution in [0.15, 0.2) is 54.6 Å². The molecular weight excluding hydrogens is 259 g/mol. The third-order valence-electron chi connectivity index (χ3n) is 3.02. The Morgan fingerprint density at radius 2 is 1.32 bits per heavy atom. The van der Waals surface area contributed by atoms with Gasteiger partial charge in [-0.3, -0.25) is 0 Å². The minimum absolute atomic E-state index is 0.549. The van der Waals surface area contributed by atoms with Gasteiger partial charge in [-0.05, 0) is 0 Å². The molecule has 0 aromatic heterocycles. The Bertz CT molecular complexity index is 693. The zero-order valence-electron chi connectivity index (χ0n) is 10.5. The average molecular weight is 274 g/mol. The standard InChI is InChI=1S/C15H15O3P/c1-19(16,17)18-15-13-8-4-2-6-11(13)10-12-7-3-5-9-14(12)15/h2-10,16-17,19H,1H3. The van der Waals surface area contributed by atoms with E-state index in [1.165, 1.54) is 6.66 Å². The van der Waals surface area contributed by atoms with Crippen molar-refractivity contribution in [2.45, 2.75) is 0 Å². The molecule has 0 unspecified atom stereocenters. The van der Waals surface area contributed by atoms with Crippen molar-refractivity contribution in [2.75, 3.05) is 6.66 Å². The second kappa shape index (κ2) is 4.46. The van der Waals surface area contributed by atoms with Crippen LogP contribution in [0.1, 0.15) is 0 Å². The molecule has 0 fully saturated rings. The maximum atomic E-state index is 9.66. The van der Waals surface area contributed by atoms with E-state index < -0.39 is 7.94 Å². The quantitative estimate of drug-likeness (QED) is 0.555. The van der Waals surface area contributed by atoms with E-state index in [4.69, 9.17) is 4.52 Å². The molecule has 4 heteroatoms. The van der Waals surface area contributed by atoms with Gasteiger partial charge in [0.1, 0.15) is 0 Å². The van der Waals surface area contributed by atoms with E-state index >= 15 is 0 Å². The molecule has 0 atom stereocenters. The molecule has 3 aromatic rings. The molecular formula is C15H15O3P. The molecule has 0 aliphatic rings. The van der Waals surface area contributed by atoms with Gasteiger partial charge in [-0.2, -0.15) is 0 Å². The molecule has 3 aromatic carbocycles. The van der Waals surface area contributed by atoms with Crippen molar-refractivity contribution in [3.05, 3.63) is 54.6 Å². The summed E-state index contributed by atoms with van der Waals surface area (Å²) in [6, 6.07) is 17.6. The Kier molecular flexibility index (Phi) is 2.90. The number of fused-ring (bicyclic) bond motifs is 2. The summed E-state index contributed by atoms with van der Waals surface area (Å²) in [4.78, 5) is 19.3. The molecule has 3 rings (SSSR count). The zero-order valence-corrected chi connectivity index (χ0v) is 11.5. The first-order valence-corrected chi connectivity index (χ1v) is 8.39. The van der Waals surface area contributed by atoms with Gasteiger partial charge in [0.05, 0.1) is 0 Å². The first kappa shape index (κ1) is 12.4. The number of rotatable bonds is 2. The van der Waals surface area contributed by atoms with Gasteiger partial charge in [-0.15, -0.1) is 0 Å². The summed E-state index contributed by atoms with van der Waals surface area (Å²) in [5.41, 5.74) is 0. The van der Waals surface area contributed by atoms with Crippen LogP contribution in [0.5, 0.6) is 5.75 Å². The van der Waals surface area contributed by atoms with Gasteiger partial charge in [0, 0.05) is 0 Å². The van der Waals surface area contributed by atoms with Gasteiger partial charge < -0.3 is 0 Å². The van der Waals surface area contributed by atoms with Gasteiger partial charge in [0.25, 0.3) is 0 Å². The molecule has 2 N–H and O–H groups in total. The molecule has 98 valence electrons. The molecule has 3 nitrogen and oxygen atoms in total. The van der Waals surface area contributed by atoms with Crippen LogP contribution in [-0.2, 0) is 0 Å². The van der Waals surface area contributed by atoms with Crippen molar-refractivity contribution in [1.29, 1.82) is 0 Å². The molecule has 0 aliphatic carbocycles. The molecule has 0 aliphatic heterocycles.